The number of ketones is 2. The number of aliphatic hydroxyl groups is 3. The van der Waals surface area contributed by atoms with E-state index in [0.717, 1.165) is 201 Å². The molecule has 4 aromatic carbocycles. The molecule has 0 bridgehead atoms. The van der Waals surface area contributed by atoms with Crippen molar-refractivity contribution in [2.75, 3.05) is 0 Å². The predicted molar refractivity (Wildman–Crippen MR) is 559 cm³/mol. The van der Waals surface area contributed by atoms with Crippen molar-refractivity contribution in [2.45, 2.75) is 312 Å². The van der Waals surface area contributed by atoms with E-state index in [1.54, 1.807) is 23.0 Å². The zero-order chi connectivity index (χ0) is 96.4. The summed E-state index contributed by atoms with van der Waals surface area (Å²) in [5.74, 6) is 11.8. The standard InChI is InChI=1S/C26H32N2O.C26H30N2O.C25H31N3O.C25H29N3O.C21H29N3O/c2*1-25-13-11-18(29)15-17(25)7-8-19-20-9-10-24(26(20,2)14-12-21(19)25)28-16-27-22-5-3-4-6-23(22)28;2*1-24-13-11-17(29)15-16(24)7-8-18-19-9-10-23(25(19,2)14-12-20(18)24)28-22-6-4-3-5-21(22)26-27-28;1-20-9-7-15(25)11-14(20)3-4-16-17-5-6-19(24-13-22-12-23-24)21(17,2)10-8-18(16)20/h3-7,10,16,18-21,29H,8-9,11-15H2,1-2H3;3-7,10,16,19-21H,8-9,11-15H2,1-2H3;3-7,10,17-20,29H,8-9,11-15H2,1-2H3;3-6,10,15,18-20H,7-9,11-14H2,1-2H3;3,6,12-13,15-18,25H,4-5,7-11H2,1-2H3/t18-,19?,20?,21?,25-,26-;19?,20?,21?,25-,26-;17-,18?,19?,20?,24-,25-;18?,19?,20?,24-,25-;15-,16?,17?,18?,20-,21-/m00000/s1. The minimum atomic E-state index is -0.125. The molecule has 0 radical (unpaired) electrons. The number of fused-ring (bicyclic) bond motifs is 29. The number of allylic oxidation sites excluding steroid dienone is 17. The third-order valence-electron chi connectivity index (χ3n) is 45.1. The number of imidazole rings is 2. The normalized spacial score (nSPS) is 41.1. The van der Waals surface area contributed by atoms with Gasteiger partial charge in [0, 0.05) is 74.8 Å². The summed E-state index contributed by atoms with van der Waals surface area (Å²) in [6.07, 6.45) is 70.6. The first-order valence-electron chi connectivity index (χ1n) is 55.5. The number of nitrogens with zero attached hydrogens (tertiary/aromatic N) is 13. The van der Waals surface area contributed by atoms with Crippen LogP contribution in [0.2, 0.25) is 0 Å². The lowest BCUT2D eigenvalue weighted by atomic mass is 9.47. The van der Waals surface area contributed by atoms with E-state index in [0.29, 0.717) is 63.8 Å². The smallest absolute Gasteiger partial charge is 0.155 e. The lowest BCUT2D eigenvalue weighted by molar-refractivity contribution is -0.122. The van der Waals surface area contributed by atoms with E-state index in [1.165, 1.54) is 160 Å². The second-order valence-corrected chi connectivity index (χ2v) is 50.8. The molecule has 0 aliphatic heterocycles. The van der Waals surface area contributed by atoms with E-state index in [2.05, 4.69) is 262 Å². The van der Waals surface area contributed by atoms with Crippen LogP contribution in [-0.2, 0) is 9.59 Å². The third-order valence-corrected chi connectivity index (χ3v) is 45.1. The van der Waals surface area contributed by atoms with E-state index in [9.17, 15) is 24.9 Å². The fourth-order valence-electron chi connectivity index (χ4n) is 37.2. The second kappa shape index (κ2) is 34.3. The monoisotopic (exact) mass is 1890 g/mol. The summed E-state index contributed by atoms with van der Waals surface area (Å²) in [5, 5.41) is 52.9. The van der Waals surface area contributed by atoms with Crippen molar-refractivity contribution < 1.29 is 24.9 Å². The van der Waals surface area contributed by atoms with E-state index < -0.39 is 0 Å². The quantitative estimate of drug-likeness (QED) is 0.137. The van der Waals surface area contributed by atoms with Crippen LogP contribution in [0.25, 0.3) is 72.6 Å². The zero-order valence-electron chi connectivity index (χ0n) is 85.4. The Morgan fingerprint density at radius 1 is 0.305 bits per heavy atom. The van der Waals surface area contributed by atoms with Crippen LogP contribution in [0, 0.1) is 143 Å². The average Bonchev–Trinajstić information content (AvgIpc) is 1.64. The number of aromatic nitrogens is 13. The van der Waals surface area contributed by atoms with Crippen LogP contribution in [0.5, 0.6) is 0 Å². The Kier molecular flexibility index (Phi) is 22.5. The van der Waals surface area contributed by atoms with Gasteiger partial charge in [0.25, 0.3) is 0 Å². The summed E-state index contributed by atoms with van der Waals surface area (Å²) < 4.78 is 11.0. The Hall–Kier alpha value is -9.62. The Morgan fingerprint density at radius 3 is 1.07 bits per heavy atom. The van der Waals surface area contributed by atoms with Gasteiger partial charge in [-0.25, -0.2) is 29.0 Å². The first-order valence-corrected chi connectivity index (χ1v) is 55.5. The molecule has 18 nitrogen and oxygen atoms in total. The Morgan fingerprint density at radius 2 is 0.645 bits per heavy atom. The number of hydrogen-bond donors (Lipinski definition) is 3. The Balaban J connectivity index is 0.0000000929. The summed E-state index contributed by atoms with van der Waals surface area (Å²) in [6.45, 7) is 24.9. The summed E-state index contributed by atoms with van der Waals surface area (Å²) in [6, 6.07) is 33.6. The van der Waals surface area contributed by atoms with Gasteiger partial charge in [-0.1, -0.05) is 211 Å². The van der Waals surface area contributed by atoms with Gasteiger partial charge in [-0.3, -0.25) is 9.59 Å². The molecule has 0 saturated heterocycles. The highest BCUT2D eigenvalue weighted by molar-refractivity contribution is 5.92. The SMILES string of the molecule is C[C@]12CCC(=O)C=C1CCC1C2CC[C@]2(C)C(n3nnc4ccccc43)=CCC12.C[C@]12CCC(=O)CC1=CCC1C2CC[C@]2(C)C(n3cnc4ccccc43)=CCC12.C[C@]12CC[C@H](O)CC1=CCC1C2CC[C@]2(C)C(n3cnc4ccccc43)=CCC12.C[C@]12CC[C@H](O)CC1=CCC1C2CC[C@]2(C)C(n3cncn3)=CCC12.C[C@]12CC[C@H](O)CC1=CCC1C2CC[C@]2(C)C(n3nnc4ccccc43)=CCC12. The highest BCUT2D eigenvalue weighted by Crippen LogP contribution is 2.73. The molecule has 20 aliphatic rings. The molecule has 10 saturated carbocycles. The van der Waals surface area contributed by atoms with Crippen molar-refractivity contribution in [1.29, 1.82) is 0 Å². The molecule has 29 rings (SSSR count). The number of rotatable bonds is 5. The fourth-order valence-corrected chi connectivity index (χ4v) is 37.2. The molecule has 5 aromatic heterocycles. The zero-order valence-corrected chi connectivity index (χ0v) is 85.4. The molecule has 5 heterocycles. The van der Waals surface area contributed by atoms with E-state index in [-0.39, 0.29) is 56.2 Å². The van der Waals surface area contributed by atoms with Crippen LogP contribution in [-0.4, -0.2) is 109 Å². The van der Waals surface area contributed by atoms with Gasteiger partial charge in [0.05, 0.1) is 51.4 Å². The van der Waals surface area contributed by atoms with Gasteiger partial charge >= 0.3 is 0 Å². The van der Waals surface area contributed by atoms with Crippen LogP contribution < -0.4 is 0 Å². The molecule has 9 aromatic rings. The molecular weight excluding hydrogens is 1740 g/mol. The van der Waals surface area contributed by atoms with Crippen LogP contribution >= 0.6 is 0 Å². The number of carbonyl (C=O) groups excluding carboxylic acids is 2. The van der Waals surface area contributed by atoms with E-state index in [1.807, 2.05) is 47.9 Å². The van der Waals surface area contributed by atoms with Crippen molar-refractivity contribution in [1.82, 2.24) is 63.9 Å². The molecule has 141 heavy (non-hydrogen) atoms. The molecule has 18 heteroatoms. The van der Waals surface area contributed by atoms with Gasteiger partial charge in [-0.15, -0.1) is 10.2 Å². The summed E-state index contributed by atoms with van der Waals surface area (Å²) in [5.41, 5.74) is 25.9. The maximum absolute atomic E-state index is 12.1. The van der Waals surface area contributed by atoms with Crippen LogP contribution in [0.4, 0.5) is 0 Å². The molecule has 28 atom stereocenters. The predicted octanol–water partition coefficient (Wildman–Crippen LogP) is 26.5. The van der Waals surface area contributed by atoms with Gasteiger partial charge in [-0.2, -0.15) is 5.10 Å². The number of para-hydroxylation sites is 6. The Labute approximate surface area is 833 Å². The van der Waals surface area contributed by atoms with Gasteiger partial charge < -0.3 is 24.5 Å². The van der Waals surface area contributed by atoms with Gasteiger partial charge in [0.2, 0.25) is 0 Å². The molecule has 15 unspecified atom stereocenters. The van der Waals surface area contributed by atoms with Crippen molar-refractivity contribution in [3.63, 3.8) is 0 Å². The summed E-state index contributed by atoms with van der Waals surface area (Å²) in [7, 11) is 0. The lowest BCUT2D eigenvalue weighted by Crippen LogP contribution is -2.50. The molecular formula is C123H151N13O5. The lowest BCUT2D eigenvalue weighted by Gasteiger charge is -2.57. The number of aliphatic hydroxyl groups excluding tert-OH is 3. The van der Waals surface area contributed by atoms with Crippen molar-refractivity contribution in [3.8, 4) is 0 Å². The topological polar surface area (TPSA) is 223 Å². The van der Waals surface area contributed by atoms with Gasteiger partial charge in [0.1, 0.15) is 42.1 Å². The highest BCUT2D eigenvalue weighted by atomic mass is 16.3. The second-order valence-electron chi connectivity index (χ2n) is 50.8. The molecule has 20 aliphatic carbocycles. The fraction of sp³-hybridized carbons (Fsp3) is 0.593. The van der Waals surface area contributed by atoms with Gasteiger partial charge in [0.15, 0.2) is 5.78 Å². The van der Waals surface area contributed by atoms with Crippen molar-refractivity contribution >= 4 is 84.2 Å². The first kappa shape index (κ1) is 92.5. The molecule has 738 valence electrons. The first-order chi connectivity index (χ1) is 68.0. The number of Topliss-reactive ketones (excluding diaryl/α,β-unsaturated/α-hetero) is 1. The van der Waals surface area contributed by atoms with E-state index >= 15 is 0 Å². The van der Waals surface area contributed by atoms with Crippen LogP contribution in [0.3, 0.4) is 0 Å². The summed E-state index contributed by atoms with van der Waals surface area (Å²) in [4.78, 5) is 37.6. The number of carbonyl (C=O) groups is 2. The Bertz CT molecular complexity index is 6650. The average molecular weight is 1890 g/mol. The van der Waals surface area contributed by atoms with Gasteiger partial charge in [-0.05, 0) is 376 Å². The molecule has 3 N–H and O–H groups in total. The van der Waals surface area contributed by atoms with E-state index in [4.69, 9.17) is 0 Å². The third kappa shape index (κ3) is 14.3. The maximum Gasteiger partial charge on any atom is 0.155 e. The highest BCUT2D eigenvalue weighted by Gasteiger charge is 2.65. The van der Waals surface area contributed by atoms with Crippen LogP contribution in [0.15, 0.2) is 211 Å². The minimum absolute atomic E-state index is 0.114. The minimum Gasteiger partial charge on any atom is -0.393 e. The maximum atomic E-state index is 12.1. The molecule has 0 amide bonds. The molecule has 0 spiro atoms. The van der Waals surface area contributed by atoms with Crippen molar-refractivity contribution in [2.24, 2.45) is 143 Å². The largest absolute Gasteiger partial charge is 0.393 e. The van der Waals surface area contributed by atoms with Crippen LogP contribution in [0.1, 0.15) is 294 Å². The summed E-state index contributed by atoms with van der Waals surface area (Å²) >= 11 is 0. The molecule has 10 fully saturated rings. The number of hydrogen-bond acceptors (Lipinski definition) is 13. The number of benzene rings is 4. The van der Waals surface area contributed by atoms with Crippen molar-refractivity contribution in [3.05, 3.63) is 211 Å².